The van der Waals surface area contributed by atoms with Crippen molar-refractivity contribution in [1.29, 1.82) is 0 Å². The van der Waals surface area contributed by atoms with Crippen LogP contribution in [0.5, 0.6) is 5.75 Å². The number of benzene rings is 1. The van der Waals surface area contributed by atoms with Gasteiger partial charge < -0.3 is 9.84 Å². The van der Waals surface area contributed by atoms with Gasteiger partial charge in [0, 0.05) is 30.2 Å². The summed E-state index contributed by atoms with van der Waals surface area (Å²) in [7, 11) is 0. The largest absolute Gasteiger partial charge is 0.505 e. The second kappa shape index (κ2) is 7.36. The van der Waals surface area contributed by atoms with Gasteiger partial charge in [0.1, 0.15) is 11.3 Å². The molecule has 1 aliphatic heterocycles. The molecule has 0 amide bonds. The fraction of sp³-hybridized carbons (Fsp3) is 0.444. The van der Waals surface area contributed by atoms with Crippen LogP contribution in [-0.4, -0.2) is 40.7 Å². The first kappa shape index (κ1) is 17.0. The zero-order chi connectivity index (χ0) is 17.1. The van der Waals surface area contributed by atoms with Gasteiger partial charge in [0.15, 0.2) is 0 Å². The lowest BCUT2D eigenvalue weighted by molar-refractivity contribution is -0.150. The van der Waals surface area contributed by atoms with Gasteiger partial charge >= 0.3 is 5.97 Å². The van der Waals surface area contributed by atoms with Crippen molar-refractivity contribution in [3.05, 3.63) is 35.0 Å². The number of ether oxygens (including phenoxy) is 1. The Morgan fingerprint density at radius 2 is 2.38 bits per heavy atom. The number of esters is 1. The summed E-state index contributed by atoms with van der Waals surface area (Å²) in [6, 6.07) is 5.42. The summed E-state index contributed by atoms with van der Waals surface area (Å²) in [5, 5.41) is 11.8. The molecule has 1 N–H and O–H groups in total. The van der Waals surface area contributed by atoms with E-state index in [0.717, 1.165) is 30.3 Å². The number of phenolic OH excluding ortho intramolecular Hbond substituents is 1. The van der Waals surface area contributed by atoms with Gasteiger partial charge in [-0.25, -0.2) is 0 Å². The van der Waals surface area contributed by atoms with Crippen molar-refractivity contribution in [3.8, 4) is 5.75 Å². The van der Waals surface area contributed by atoms with Crippen molar-refractivity contribution in [2.45, 2.75) is 26.3 Å². The Morgan fingerprint density at radius 3 is 3.17 bits per heavy atom. The maximum atomic E-state index is 12.0. The fourth-order valence-corrected chi connectivity index (χ4v) is 3.54. The summed E-state index contributed by atoms with van der Waals surface area (Å²) in [6.45, 7) is 4.28. The predicted octanol–water partition coefficient (Wildman–Crippen LogP) is 3.37. The maximum Gasteiger partial charge on any atom is 0.310 e. The van der Waals surface area contributed by atoms with E-state index in [1.165, 1.54) is 0 Å². The van der Waals surface area contributed by atoms with Crippen molar-refractivity contribution in [3.63, 3.8) is 0 Å². The van der Waals surface area contributed by atoms with Crippen molar-refractivity contribution in [2.75, 3.05) is 19.7 Å². The third-order valence-corrected chi connectivity index (χ3v) is 4.73. The second-order valence-corrected chi connectivity index (χ2v) is 6.50. The number of fused-ring (bicyclic) bond motifs is 1. The fourth-order valence-electron chi connectivity index (χ4n) is 3.25. The van der Waals surface area contributed by atoms with E-state index in [0.29, 0.717) is 30.2 Å². The lowest BCUT2D eigenvalue weighted by Crippen LogP contribution is -2.38. The lowest BCUT2D eigenvalue weighted by Gasteiger charge is -2.31. The first-order valence-electron chi connectivity index (χ1n) is 8.24. The molecule has 1 fully saturated rings. The SMILES string of the molecule is CCOC(=O)[C@H]1CCCN(Cc2cc(Cl)c3cccnc3c2O)C1. The standard InChI is InChI=1S/C18H21ClN2O3/c1-2-24-18(23)12-5-4-8-21(10-12)11-13-9-15(19)14-6-3-7-20-16(14)17(13)22/h3,6-7,9,12,22H,2,4-5,8,10-11H2,1H3/t12-/m0/s1. The van der Waals surface area contributed by atoms with Crippen LogP contribution in [0.15, 0.2) is 24.4 Å². The highest BCUT2D eigenvalue weighted by atomic mass is 35.5. The lowest BCUT2D eigenvalue weighted by atomic mass is 9.97. The van der Waals surface area contributed by atoms with Crippen LogP contribution in [0, 0.1) is 5.92 Å². The Kier molecular flexibility index (Phi) is 5.21. The molecule has 6 heteroatoms. The molecule has 128 valence electrons. The molecule has 1 aliphatic rings. The predicted molar refractivity (Wildman–Crippen MR) is 93.1 cm³/mol. The number of rotatable bonds is 4. The van der Waals surface area contributed by atoms with E-state index in [9.17, 15) is 9.90 Å². The Hall–Kier alpha value is -1.85. The number of carbonyl (C=O) groups is 1. The highest BCUT2D eigenvalue weighted by molar-refractivity contribution is 6.35. The number of aromatic nitrogens is 1. The average Bonchev–Trinajstić information content (AvgIpc) is 2.60. The topological polar surface area (TPSA) is 62.7 Å². The molecule has 1 atom stereocenters. The molecular weight excluding hydrogens is 328 g/mol. The molecular formula is C18H21ClN2O3. The molecule has 3 rings (SSSR count). The minimum atomic E-state index is -0.135. The molecule has 24 heavy (non-hydrogen) atoms. The van der Waals surface area contributed by atoms with Gasteiger partial charge in [0.25, 0.3) is 0 Å². The first-order valence-corrected chi connectivity index (χ1v) is 8.62. The molecule has 0 aliphatic carbocycles. The van der Waals surface area contributed by atoms with Crippen LogP contribution in [0.4, 0.5) is 0 Å². The van der Waals surface area contributed by atoms with Crippen molar-refractivity contribution < 1.29 is 14.6 Å². The Labute approximate surface area is 146 Å². The van der Waals surface area contributed by atoms with Gasteiger partial charge in [-0.2, -0.15) is 0 Å². The number of halogens is 1. The Morgan fingerprint density at radius 1 is 1.54 bits per heavy atom. The number of likely N-dealkylation sites (tertiary alicyclic amines) is 1. The molecule has 1 aromatic carbocycles. The van der Waals surface area contributed by atoms with Gasteiger partial charge in [-0.3, -0.25) is 14.7 Å². The van der Waals surface area contributed by atoms with Gasteiger partial charge in [-0.1, -0.05) is 11.6 Å². The van der Waals surface area contributed by atoms with Gasteiger partial charge in [-0.15, -0.1) is 0 Å². The van der Waals surface area contributed by atoms with Gasteiger partial charge in [0.2, 0.25) is 0 Å². The molecule has 2 heterocycles. The van der Waals surface area contributed by atoms with Crippen LogP contribution < -0.4 is 0 Å². The second-order valence-electron chi connectivity index (χ2n) is 6.09. The number of carbonyl (C=O) groups excluding carboxylic acids is 1. The molecule has 0 unspecified atom stereocenters. The number of piperidine rings is 1. The summed E-state index contributed by atoms with van der Waals surface area (Å²) in [5.74, 6) is -0.0761. The van der Waals surface area contributed by atoms with Crippen LogP contribution in [0.3, 0.4) is 0 Å². The first-order chi connectivity index (χ1) is 11.6. The molecule has 1 saturated heterocycles. The summed E-state index contributed by atoms with van der Waals surface area (Å²) in [6.07, 6.45) is 3.42. The third-order valence-electron chi connectivity index (χ3n) is 4.41. The quantitative estimate of drug-likeness (QED) is 0.858. The summed E-state index contributed by atoms with van der Waals surface area (Å²) < 4.78 is 5.13. The zero-order valence-electron chi connectivity index (χ0n) is 13.7. The number of hydrogen-bond donors (Lipinski definition) is 1. The van der Waals surface area contributed by atoms with Crippen LogP contribution in [0.1, 0.15) is 25.3 Å². The highest BCUT2D eigenvalue weighted by Crippen LogP contribution is 2.34. The van der Waals surface area contributed by atoms with Crippen LogP contribution in [-0.2, 0) is 16.1 Å². The van der Waals surface area contributed by atoms with Gasteiger partial charge in [0.05, 0.1) is 17.5 Å². The van der Waals surface area contributed by atoms with Crippen molar-refractivity contribution in [2.24, 2.45) is 5.92 Å². The molecule has 0 saturated carbocycles. The summed E-state index contributed by atoms with van der Waals surface area (Å²) in [5.41, 5.74) is 1.25. The minimum Gasteiger partial charge on any atom is -0.505 e. The van der Waals surface area contributed by atoms with Crippen LogP contribution in [0.25, 0.3) is 10.9 Å². The van der Waals surface area contributed by atoms with Crippen LogP contribution in [0.2, 0.25) is 5.02 Å². The van der Waals surface area contributed by atoms with E-state index in [-0.39, 0.29) is 17.6 Å². The normalized spacial score (nSPS) is 18.7. The number of aromatic hydroxyl groups is 1. The molecule has 0 bridgehead atoms. The van der Waals surface area contributed by atoms with Crippen molar-refractivity contribution >= 4 is 28.5 Å². The third kappa shape index (κ3) is 3.47. The van der Waals surface area contributed by atoms with E-state index >= 15 is 0 Å². The number of phenols is 1. The van der Waals surface area contributed by atoms with E-state index in [1.54, 1.807) is 18.3 Å². The van der Waals surface area contributed by atoms with Gasteiger partial charge in [-0.05, 0) is 44.5 Å². The van der Waals surface area contributed by atoms with E-state index in [2.05, 4.69) is 9.88 Å². The smallest absolute Gasteiger partial charge is 0.310 e. The van der Waals surface area contributed by atoms with Crippen LogP contribution >= 0.6 is 11.6 Å². The number of nitrogens with zero attached hydrogens (tertiary/aromatic N) is 2. The molecule has 0 radical (unpaired) electrons. The summed E-state index contributed by atoms with van der Waals surface area (Å²) in [4.78, 5) is 18.4. The highest BCUT2D eigenvalue weighted by Gasteiger charge is 2.27. The average molecular weight is 349 g/mol. The monoisotopic (exact) mass is 348 g/mol. The van der Waals surface area contributed by atoms with E-state index in [4.69, 9.17) is 16.3 Å². The summed E-state index contributed by atoms with van der Waals surface area (Å²) >= 11 is 6.33. The molecule has 1 aromatic heterocycles. The zero-order valence-corrected chi connectivity index (χ0v) is 14.4. The molecule has 2 aromatic rings. The van der Waals surface area contributed by atoms with Crippen molar-refractivity contribution in [1.82, 2.24) is 9.88 Å². The maximum absolute atomic E-state index is 12.0. The number of pyridine rings is 1. The van der Waals surface area contributed by atoms with E-state index < -0.39 is 0 Å². The van der Waals surface area contributed by atoms with E-state index in [1.807, 2.05) is 13.0 Å². The molecule has 0 spiro atoms. The minimum absolute atomic E-state index is 0.102. The Balaban J connectivity index is 1.79. The number of hydrogen-bond acceptors (Lipinski definition) is 5. The Bertz CT molecular complexity index is 750. The molecule has 5 nitrogen and oxygen atoms in total.